The van der Waals surface area contributed by atoms with E-state index in [1.54, 1.807) is 6.20 Å². The van der Waals surface area contributed by atoms with Crippen LogP contribution in [0, 0.1) is 0 Å². The summed E-state index contributed by atoms with van der Waals surface area (Å²) in [5.41, 5.74) is 2.15. The summed E-state index contributed by atoms with van der Waals surface area (Å²) in [6.07, 6.45) is 4.65. The minimum atomic E-state index is 0.0681. The van der Waals surface area contributed by atoms with Crippen LogP contribution in [0.15, 0.2) is 36.5 Å². The van der Waals surface area contributed by atoms with E-state index >= 15 is 0 Å². The summed E-state index contributed by atoms with van der Waals surface area (Å²) < 4.78 is 0. The Kier molecular flexibility index (Phi) is 5.88. The van der Waals surface area contributed by atoms with E-state index in [1.165, 1.54) is 12.1 Å². The van der Waals surface area contributed by atoms with Crippen LogP contribution in [0.5, 0.6) is 0 Å². The average Bonchev–Trinajstić information content (AvgIpc) is 3.14. The number of piperidine rings is 1. The van der Waals surface area contributed by atoms with Gasteiger partial charge >= 0.3 is 0 Å². The number of hydrogen-bond acceptors (Lipinski definition) is 3. The van der Waals surface area contributed by atoms with Gasteiger partial charge < -0.3 is 10.2 Å². The molecule has 0 spiro atoms. The van der Waals surface area contributed by atoms with Gasteiger partial charge in [-0.25, -0.2) is 0 Å². The zero-order chi connectivity index (χ0) is 16.8. The van der Waals surface area contributed by atoms with Crippen LogP contribution >= 0.6 is 11.6 Å². The number of likely N-dealkylation sites (tertiary alicyclic amines) is 1. The van der Waals surface area contributed by atoms with Crippen molar-refractivity contribution in [1.82, 2.24) is 20.4 Å². The first-order valence-corrected chi connectivity index (χ1v) is 8.82. The number of amides is 1. The number of nitrogens with zero attached hydrogens (tertiary/aromatic N) is 2. The molecular weight excluding hydrogens is 324 g/mol. The van der Waals surface area contributed by atoms with Gasteiger partial charge in [0.05, 0.1) is 0 Å². The number of rotatable bonds is 6. The number of benzene rings is 1. The SMILES string of the molecule is O=C(CCN1CCC[C@H](c2ccn[nH]2)C1)NCc1ccccc1Cl. The van der Waals surface area contributed by atoms with Gasteiger partial charge in [0.2, 0.25) is 5.91 Å². The van der Waals surface area contributed by atoms with Gasteiger partial charge in [0.1, 0.15) is 0 Å². The molecule has 1 aromatic carbocycles. The lowest BCUT2D eigenvalue weighted by Crippen LogP contribution is -2.37. The standard InChI is InChI=1S/C18H23ClN4O/c19-16-6-2-1-4-14(16)12-20-18(24)8-11-23-10-3-5-15(13-23)17-7-9-21-22-17/h1-2,4,6-7,9,15H,3,5,8,10-13H2,(H,20,24)(H,21,22)/t15-/m0/s1. The smallest absolute Gasteiger partial charge is 0.221 e. The molecule has 1 saturated heterocycles. The number of nitrogens with one attached hydrogen (secondary N) is 2. The van der Waals surface area contributed by atoms with Gasteiger partial charge in [-0.1, -0.05) is 29.8 Å². The van der Waals surface area contributed by atoms with Crippen LogP contribution in [0.2, 0.25) is 5.02 Å². The Morgan fingerprint density at radius 1 is 1.38 bits per heavy atom. The Hall–Kier alpha value is -1.85. The highest BCUT2D eigenvalue weighted by atomic mass is 35.5. The molecule has 1 fully saturated rings. The van der Waals surface area contributed by atoms with Gasteiger partial charge in [-0.3, -0.25) is 9.89 Å². The zero-order valence-corrected chi connectivity index (χ0v) is 14.4. The van der Waals surface area contributed by atoms with Crippen LogP contribution in [0.25, 0.3) is 0 Å². The van der Waals surface area contributed by atoms with E-state index < -0.39 is 0 Å². The molecule has 1 aliphatic rings. The van der Waals surface area contributed by atoms with E-state index in [0.29, 0.717) is 23.9 Å². The van der Waals surface area contributed by atoms with Crippen LogP contribution < -0.4 is 5.32 Å². The van der Waals surface area contributed by atoms with Crippen LogP contribution in [0.1, 0.15) is 36.4 Å². The Labute approximate surface area is 147 Å². The maximum atomic E-state index is 12.1. The van der Waals surface area contributed by atoms with Crippen molar-refractivity contribution < 1.29 is 4.79 Å². The average molecular weight is 347 g/mol. The van der Waals surface area contributed by atoms with Crippen molar-refractivity contribution in [3.63, 3.8) is 0 Å². The number of halogens is 1. The predicted octanol–water partition coefficient (Wildman–Crippen LogP) is 2.95. The molecule has 1 aliphatic heterocycles. The summed E-state index contributed by atoms with van der Waals surface area (Å²) >= 11 is 6.10. The molecule has 0 unspecified atom stereocenters. The van der Waals surface area contributed by atoms with Gasteiger partial charge in [-0.05, 0) is 37.1 Å². The van der Waals surface area contributed by atoms with Gasteiger partial charge in [0.25, 0.3) is 0 Å². The van der Waals surface area contributed by atoms with Gasteiger partial charge in [0.15, 0.2) is 0 Å². The van der Waals surface area contributed by atoms with Crippen LogP contribution in [0.4, 0.5) is 0 Å². The molecule has 1 aromatic heterocycles. The van der Waals surface area contributed by atoms with E-state index in [-0.39, 0.29) is 5.91 Å². The fourth-order valence-electron chi connectivity index (χ4n) is 3.19. The van der Waals surface area contributed by atoms with E-state index in [4.69, 9.17) is 11.6 Å². The number of aromatic amines is 1. The lowest BCUT2D eigenvalue weighted by atomic mass is 9.95. The highest BCUT2D eigenvalue weighted by molar-refractivity contribution is 6.31. The zero-order valence-electron chi connectivity index (χ0n) is 13.7. The predicted molar refractivity (Wildman–Crippen MR) is 94.9 cm³/mol. The third-order valence-electron chi connectivity index (χ3n) is 4.56. The minimum Gasteiger partial charge on any atom is -0.352 e. The topological polar surface area (TPSA) is 61.0 Å². The quantitative estimate of drug-likeness (QED) is 0.845. The molecule has 5 nitrogen and oxygen atoms in total. The minimum absolute atomic E-state index is 0.0681. The lowest BCUT2D eigenvalue weighted by molar-refractivity contribution is -0.121. The van der Waals surface area contributed by atoms with Crippen LogP contribution in [0.3, 0.4) is 0 Å². The van der Waals surface area contributed by atoms with E-state index in [0.717, 1.165) is 31.6 Å². The molecule has 0 aliphatic carbocycles. The molecule has 1 amide bonds. The molecule has 3 rings (SSSR count). The van der Waals surface area contributed by atoms with E-state index in [9.17, 15) is 4.79 Å². The Morgan fingerprint density at radius 2 is 2.25 bits per heavy atom. The Morgan fingerprint density at radius 3 is 3.04 bits per heavy atom. The number of carbonyl (C=O) groups is 1. The second-order valence-corrected chi connectivity index (χ2v) is 6.68. The first-order valence-electron chi connectivity index (χ1n) is 8.44. The Bertz CT molecular complexity index is 659. The second-order valence-electron chi connectivity index (χ2n) is 6.27. The van der Waals surface area contributed by atoms with Crippen LogP contribution in [-0.2, 0) is 11.3 Å². The summed E-state index contributed by atoms with van der Waals surface area (Å²) in [4.78, 5) is 14.4. The Balaban J connectivity index is 1.42. The third kappa shape index (κ3) is 4.58. The molecule has 6 heteroatoms. The number of hydrogen-bond donors (Lipinski definition) is 2. The highest BCUT2D eigenvalue weighted by Crippen LogP contribution is 2.25. The fraction of sp³-hybridized carbons (Fsp3) is 0.444. The summed E-state index contributed by atoms with van der Waals surface area (Å²) in [6.45, 7) is 3.32. The van der Waals surface area contributed by atoms with Crippen molar-refractivity contribution in [2.45, 2.75) is 31.7 Å². The first kappa shape index (κ1) is 17.0. The largest absolute Gasteiger partial charge is 0.352 e. The molecule has 128 valence electrons. The van der Waals surface area contributed by atoms with E-state index in [1.807, 2.05) is 30.3 Å². The third-order valence-corrected chi connectivity index (χ3v) is 4.93. The maximum Gasteiger partial charge on any atom is 0.221 e. The molecule has 0 radical (unpaired) electrons. The monoisotopic (exact) mass is 346 g/mol. The number of carbonyl (C=O) groups excluding carboxylic acids is 1. The van der Waals surface area contributed by atoms with Crippen molar-refractivity contribution in [3.8, 4) is 0 Å². The first-order chi connectivity index (χ1) is 11.7. The molecule has 2 heterocycles. The van der Waals surface area contributed by atoms with E-state index in [2.05, 4.69) is 20.4 Å². The normalized spacial score (nSPS) is 18.5. The van der Waals surface area contributed by atoms with Gasteiger partial charge in [-0.2, -0.15) is 5.10 Å². The van der Waals surface area contributed by atoms with Crippen molar-refractivity contribution in [2.75, 3.05) is 19.6 Å². The summed E-state index contributed by atoms with van der Waals surface area (Å²) in [5.74, 6) is 0.561. The number of aromatic nitrogens is 2. The van der Waals surface area contributed by atoms with Gasteiger partial charge in [0, 0.05) is 48.9 Å². The molecule has 24 heavy (non-hydrogen) atoms. The maximum absolute atomic E-state index is 12.1. The molecule has 1 atom stereocenters. The summed E-state index contributed by atoms with van der Waals surface area (Å²) in [7, 11) is 0. The molecular formula is C18H23ClN4O. The second kappa shape index (κ2) is 8.31. The summed E-state index contributed by atoms with van der Waals surface area (Å²) in [5, 5.41) is 10.7. The molecule has 0 bridgehead atoms. The molecule has 0 saturated carbocycles. The van der Waals surface area contributed by atoms with Crippen molar-refractivity contribution >= 4 is 17.5 Å². The van der Waals surface area contributed by atoms with Crippen molar-refractivity contribution in [2.24, 2.45) is 0 Å². The number of H-pyrrole nitrogens is 1. The van der Waals surface area contributed by atoms with Crippen LogP contribution in [-0.4, -0.2) is 40.6 Å². The summed E-state index contributed by atoms with van der Waals surface area (Å²) in [6, 6.07) is 9.63. The molecule has 2 N–H and O–H groups in total. The molecule has 2 aromatic rings. The highest BCUT2D eigenvalue weighted by Gasteiger charge is 2.22. The lowest BCUT2D eigenvalue weighted by Gasteiger charge is -2.31. The van der Waals surface area contributed by atoms with Crippen molar-refractivity contribution in [1.29, 1.82) is 0 Å². The fourth-order valence-corrected chi connectivity index (χ4v) is 3.39. The van der Waals surface area contributed by atoms with Gasteiger partial charge in [-0.15, -0.1) is 0 Å². The van der Waals surface area contributed by atoms with Crippen molar-refractivity contribution in [3.05, 3.63) is 52.8 Å².